The lowest BCUT2D eigenvalue weighted by Gasteiger charge is -2.31. The third-order valence-electron chi connectivity index (χ3n) is 8.34. The van der Waals surface area contributed by atoms with Gasteiger partial charge in [-0.3, -0.25) is 19.3 Å². The van der Waals surface area contributed by atoms with Crippen LogP contribution in [-0.2, 0) is 31.7 Å². The van der Waals surface area contributed by atoms with Crippen LogP contribution in [0.15, 0.2) is 76.9 Å². The molecule has 0 unspecified atom stereocenters. The zero-order valence-corrected chi connectivity index (χ0v) is 30.7. The number of anilines is 1. The molecular weight excluding hydrogens is 745 g/mol. The number of hydrazone groups is 1. The molecule has 1 aliphatic rings. The van der Waals surface area contributed by atoms with E-state index in [0.717, 1.165) is 23.9 Å². The topological polar surface area (TPSA) is 179 Å². The molecule has 1 heterocycles. The summed E-state index contributed by atoms with van der Waals surface area (Å²) in [4.78, 5) is 43.7. The first kappa shape index (κ1) is 42.7. The molecule has 55 heavy (non-hydrogen) atoms. The lowest BCUT2D eigenvalue weighted by atomic mass is 9.95. The first-order chi connectivity index (χ1) is 26.5. The molecule has 1 aliphatic heterocycles. The van der Waals surface area contributed by atoms with Gasteiger partial charge in [0.25, 0.3) is 11.8 Å². The monoisotopic (exact) mass is 786 g/mol. The molecule has 0 saturated carbocycles. The Labute approximate surface area is 321 Å². The smallest absolute Gasteiger partial charge is 0.379 e. The van der Waals surface area contributed by atoms with E-state index in [-0.39, 0.29) is 35.2 Å². The summed E-state index contributed by atoms with van der Waals surface area (Å²) in [5.74, 6) is -1.23. The number of rotatable bonds is 20. The minimum absolute atomic E-state index is 0.00195. The predicted molar refractivity (Wildman–Crippen MR) is 200 cm³/mol. The molecule has 3 N–H and O–H groups in total. The Kier molecular flexibility index (Phi) is 17.4. The van der Waals surface area contributed by atoms with Gasteiger partial charge in [0.05, 0.1) is 67.7 Å². The van der Waals surface area contributed by atoms with Crippen LogP contribution in [0.5, 0.6) is 0 Å². The maximum atomic E-state index is 13.3. The Morgan fingerprint density at radius 2 is 1.62 bits per heavy atom. The first-order valence-electron chi connectivity index (χ1n) is 17.5. The Hall–Kier alpha value is -5.03. The average molecular weight is 787 g/mol. The van der Waals surface area contributed by atoms with Crippen LogP contribution in [0.25, 0.3) is 10.4 Å². The largest absolute Gasteiger partial charge is 0.417 e. The van der Waals surface area contributed by atoms with E-state index in [1.54, 1.807) is 36.4 Å². The molecule has 4 rings (SSSR count). The lowest BCUT2D eigenvalue weighted by Crippen LogP contribution is -2.41. The summed E-state index contributed by atoms with van der Waals surface area (Å²) >= 11 is 5.66. The first-order valence-corrected chi connectivity index (χ1v) is 17.9. The fourth-order valence-corrected chi connectivity index (χ4v) is 5.78. The summed E-state index contributed by atoms with van der Waals surface area (Å²) in [6.45, 7) is 5.01. The zero-order chi connectivity index (χ0) is 39.5. The fraction of sp³-hybridized carbons (Fsp3) is 0.405. The summed E-state index contributed by atoms with van der Waals surface area (Å²) in [6, 6.07) is 16.7. The molecule has 0 spiro atoms. The van der Waals surface area contributed by atoms with Gasteiger partial charge in [-0.25, -0.2) is 5.43 Å². The Bertz CT molecular complexity index is 1820. The van der Waals surface area contributed by atoms with Gasteiger partial charge >= 0.3 is 6.18 Å². The molecule has 0 atom stereocenters. The number of hydrogen-bond donors (Lipinski definition) is 3. The van der Waals surface area contributed by atoms with Gasteiger partial charge in [-0.1, -0.05) is 47.0 Å². The number of ether oxygens (including phenoxy) is 3. The van der Waals surface area contributed by atoms with E-state index in [1.165, 1.54) is 12.1 Å². The number of nitrogens with zero attached hydrogens (tertiary/aromatic N) is 5. The Morgan fingerprint density at radius 1 is 0.909 bits per heavy atom. The number of nitrogens with one attached hydrogen (secondary N) is 3. The average Bonchev–Trinajstić information content (AvgIpc) is 3.17. The highest BCUT2D eigenvalue weighted by Crippen LogP contribution is 2.35. The molecule has 1 saturated heterocycles. The number of piperidine rings is 1. The van der Waals surface area contributed by atoms with Crippen molar-refractivity contribution in [1.29, 1.82) is 0 Å². The van der Waals surface area contributed by atoms with Crippen LogP contribution >= 0.6 is 11.6 Å². The Balaban J connectivity index is 1.17. The van der Waals surface area contributed by atoms with E-state index >= 15 is 0 Å². The van der Waals surface area contributed by atoms with Crippen LogP contribution in [0.3, 0.4) is 0 Å². The van der Waals surface area contributed by atoms with Gasteiger partial charge in [-0.2, -0.15) is 18.3 Å². The van der Waals surface area contributed by atoms with Gasteiger partial charge in [0, 0.05) is 36.0 Å². The van der Waals surface area contributed by atoms with Crippen molar-refractivity contribution >= 4 is 41.2 Å². The highest BCUT2D eigenvalue weighted by molar-refractivity contribution is 6.31. The van der Waals surface area contributed by atoms with Crippen molar-refractivity contribution in [2.24, 2.45) is 16.1 Å². The van der Waals surface area contributed by atoms with Crippen molar-refractivity contribution in [3.8, 4) is 0 Å². The molecule has 3 aromatic carbocycles. The molecule has 14 nitrogen and oxygen atoms in total. The summed E-state index contributed by atoms with van der Waals surface area (Å²) in [5.41, 5.74) is 11.1. The van der Waals surface area contributed by atoms with Crippen molar-refractivity contribution in [1.82, 2.24) is 15.6 Å². The Morgan fingerprint density at radius 3 is 2.35 bits per heavy atom. The molecule has 0 aliphatic carbocycles. The van der Waals surface area contributed by atoms with Gasteiger partial charge in [0.2, 0.25) is 5.91 Å². The minimum atomic E-state index is -4.65. The molecule has 0 radical (unpaired) electrons. The minimum Gasteiger partial charge on any atom is -0.379 e. The number of para-hydroxylation sites is 1. The summed E-state index contributed by atoms with van der Waals surface area (Å²) in [7, 11) is 0. The third kappa shape index (κ3) is 14.6. The van der Waals surface area contributed by atoms with Crippen LogP contribution in [0.1, 0.15) is 50.2 Å². The normalized spacial score (nSPS) is 13.7. The highest BCUT2D eigenvalue weighted by atomic mass is 35.5. The quantitative estimate of drug-likeness (QED) is 0.0311. The van der Waals surface area contributed by atoms with Crippen LogP contribution in [0, 0.1) is 5.92 Å². The van der Waals surface area contributed by atoms with E-state index in [4.69, 9.17) is 31.3 Å². The highest BCUT2D eigenvalue weighted by Gasteiger charge is 2.33. The van der Waals surface area contributed by atoms with Crippen LogP contribution in [0.2, 0.25) is 5.02 Å². The number of alkyl halides is 3. The van der Waals surface area contributed by atoms with E-state index in [0.29, 0.717) is 84.2 Å². The van der Waals surface area contributed by atoms with Gasteiger partial charge in [-0.15, -0.1) is 0 Å². The molecule has 0 aromatic heterocycles. The second-order valence-corrected chi connectivity index (χ2v) is 12.7. The maximum Gasteiger partial charge on any atom is 0.417 e. The molecule has 1 fully saturated rings. The van der Waals surface area contributed by atoms with Crippen molar-refractivity contribution in [3.05, 3.63) is 110 Å². The summed E-state index contributed by atoms with van der Waals surface area (Å²) < 4.78 is 55.7. The molecule has 294 valence electrons. The number of halogens is 4. The second-order valence-electron chi connectivity index (χ2n) is 12.3. The van der Waals surface area contributed by atoms with E-state index in [9.17, 15) is 27.6 Å². The standard InChI is InChI=1S/C37H42ClF3N8O6/c38-32-9-8-26(23-31(32)37(39,40)41)24-45-47-36(52)30-6-1-2-7-33(30)46-35(51)29-5-3-4-27(22-29)25-49-14-10-28(11-15-49)34(50)43-12-16-53-18-20-55-21-19-54-17-13-44-48-42/h1-9,22-24,28H,10-21,25H2,(H,43,50)(H,46,51)(H,47,52). The molecule has 3 aromatic rings. The summed E-state index contributed by atoms with van der Waals surface area (Å²) in [5, 5.41) is 12.4. The predicted octanol–water partition coefficient (Wildman–Crippen LogP) is 6.06. The number of azide groups is 1. The van der Waals surface area contributed by atoms with Crippen molar-refractivity contribution in [2.75, 3.05) is 71.1 Å². The summed E-state index contributed by atoms with van der Waals surface area (Å²) in [6.07, 6.45) is -2.20. The van der Waals surface area contributed by atoms with Gasteiger partial charge in [-0.05, 0) is 79.0 Å². The maximum absolute atomic E-state index is 13.3. The SMILES string of the molecule is [N-]=[N+]=NCCOCCOCCOCCNC(=O)C1CCN(Cc2cccc(C(=O)Nc3ccccc3C(=O)NN=Cc3ccc(Cl)c(C(F)(F)F)c3)c2)CC1. The van der Waals surface area contributed by atoms with E-state index < -0.39 is 28.6 Å². The van der Waals surface area contributed by atoms with Crippen LogP contribution in [-0.4, -0.2) is 94.7 Å². The molecule has 18 heteroatoms. The number of benzene rings is 3. The molecular formula is C37H42ClF3N8O6. The number of hydrogen-bond acceptors (Lipinski definition) is 9. The van der Waals surface area contributed by atoms with Gasteiger partial charge in [0.15, 0.2) is 0 Å². The fourth-order valence-electron chi connectivity index (χ4n) is 5.56. The van der Waals surface area contributed by atoms with Crippen molar-refractivity contribution in [2.45, 2.75) is 25.6 Å². The number of carbonyl (C=O) groups is 3. The zero-order valence-electron chi connectivity index (χ0n) is 29.9. The van der Waals surface area contributed by atoms with E-state index in [1.807, 2.05) is 6.07 Å². The number of carbonyl (C=O) groups excluding carboxylic acids is 3. The molecule has 3 amide bonds. The lowest BCUT2D eigenvalue weighted by molar-refractivity contribution is -0.137. The van der Waals surface area contributed by atoms with Gasteiger partial charge in [0.1, 0.15) is 0 Å². The van der Waals surface area contributed by atoms with Gasteiger partial charge < -0.3 is 24.8 Å². The number of likely N-dealkylation sites (tertiary alicyclic amines) is 1. The number of amides is 3. The second kappa shape index (κ2) is 22.4. The third-order valence-corrected chi connectivity index (χ3v) is 8.67. The van der Waals surface area contributed by atoms with Crippen molar-refractivity contribution < 1.29 is 41.8 Å². The van der Waals surface area contributed by atoms with E-state index in [2.05, 4.69) is 36.1 Å². The molecule has 0 bridgehead atoms. The van der Waals surface area contributed by atoms with Crippen LogP contribution in [0.4, 0.5) is 18.9 Å². The van der Waals surface area contributed by atoms with Crippen LogP contribution < -0.4 is 16.1 Å². The van der Waals surface area contributed by atoms with Crippen molar-refractivity contribution in [3.63, 3.8) is 0 Å².